The summed E-state index contributed by atoms with van der Waals surface area (Å²) in [7, 11) is 0. The molecule has 1 aliphatic heterocycles. The average Bonchev–Trinajstić information content (AvgIpc) is 2.77. The lowest BCUT2D eigenvalue weighted by Gasteiger charge is -2.45. The zero-order valence-electron chi connectivity index (χ0n) is 24.9. The molecule has 39 heavy (non-hydrogen) atoms. The highest BCUT2D eigenvalue weighted by molar-refractivity contribution is 6.20. The first-order valence-electron chi connectivity index (χ1n) is 13.8. The first kappa shape index (κ1) is 32.8. The number of benzene rings is 2. The third-order valence-corrected chi connectivity index (χ3v) is 6.00. The van der Waals surface area contributed by atoms with Gasteiger partial charge in [-0.3, -0.25) is 19.4 Å². The van der Waals surface area contributed by atoms with Gasteiger partial charge in [-0.15, -0.1) is 11.6 Å². The third kappa shape index (κ3) is 13.0. The summed E-state index contributed by atoms with van der Waals surface area (Å²) >= 11 is 6.06. The van der Waals surface area contributed by atoms with Gasteiger partial charge in [0.05, 0.1) is 6.54 Å². The average molecular weight is 559 g/mol. The minimum Gasteiger partial charge on any atom is -0.459 e. The van der Waals surface area contributed by atoms with Crippen LogP contribution in [0.1, 0.15) is 66.5 Å². The van der Waals surface area contributed by atoms with E-state index in [2.05, 4.69) is 24.0 Å². The van der Waals surface area contributed by atoms with Crippen LogP contribution in [0.15, 0.2) is 60.7 Å². The van der Waals surface area contributed by atoms with Crippen molar-refractivity contribution in [1.29, 1.82) is 0 Å². The molecule has 7 heteroatoms. The van der Waals surface area contributed by atoms with E-state index in [4.69, 9.17) is 21.1 Å². The Kier molecular flexibility index (Phi) is 12.5. The first-order valence-corrected chi connectivity index (χ1v) is 14.2. The monoisotopic (exact) mass is 558 g/mol. The fraction of sp³-hybridized carbons (Fsp3) is 0.562. The molecule has 0 aromatic heterocycles. The van der Waals surface area contributed by atoms with Crippen molar-refractivity contribution in [3.63, 3.8) is 0 Å². The number of nitrogens with zero attached hydrogens (tertiary/aromatic N) is 2. The van der Waals surface area contributed by atoms with Crippen molar-refractivity contribution in [1.82, 2.24) is 9.80 Å². The van der Waals surface area contributed by atoms with E-state index in [1.807, 2.05) is 102 Å². The molecule has 2 aromatic rings. The molecule has 1 saturated heterocycles. The molecule has 0 spiro atoms. The second-order valence-electron chi connectivity index (χ2n) is 12.4. The summed E-state index contributed by atoms with van der Waals surface area (Å²) in [6.07, 6.45) is 0. The van der Waals surface area contributed by atoms with Gasteiger partial charge < -0.3 is 9.47 Å². The topological polar surface area (TPSA) is 59.1 Å². The predicted molar refractivity (Wildman–Crippen MR) is 159 cm³/mol. The summed E-state index contributed by atoms with van der Waals surface area (Å²) in [6.45, 7) is 18.7. The van der Waals surface area contributed by atoms with Gasteiger partial charge in [0.25, 0.3) is 0 Å². The van der Waals surface area contributed by atoms with E-state index in [0.29, 0.717) is 19.0 Å². The van der Waals surface area contributed by atoms with Crippen LogP contribution in [0.25, 0.3) is 0 Å². The number of rotatable bonds is 9. The molecular formula is C32H47ClN2O4. The van der Waals surface area contributed by atoms with Gasteiger partial charge in [-0.2, -0.15) is 0 Å². The number of halogens is 1. The standard InChI is InChI=1S/C16H24ClNO2.C16H23NO2/c1-13(17)10-18(11-14-8-6-5-7-9-14)12-15(19)20-16(2,3)4;1-12-10-17(11-13-8-6-5-7-9-13)14(12)15(18)19-16(2,3)4/h5-9,13H,10-12H2,1-4H3;5-9,12,14H,10-11H2,1-4H3. The minimum atomic E-state index is -0.456. The fourth-order valence-electron chi connectivity index (χ4n) is 4.47. The SMILES string of the molecule is CC(Cl)CN(CC(=O)OC(C)(C)C)Cc1ccccc1.CC1CN(Cc2ccccc2)C1C(=O)OC(C)(C)C. The fourth-order valence-corrected chi connectivity index (χ4v) is 4.66. The van der Waals surface area contributed by atoms with Crippen LogP contribution in [0.5, 0.6) is 0 Å². The molecule has 216 valence electrons. The molecule has 2 aromatic carbocycles. The van der Waals surface area contributed by atoms with Crippen LogP contribution in [-0.4, -0.2) is 64.0 Å². The van der Waals surface area contributed by atoms with Crippen molar-refractivity contribution in [3.05, 3.63) is 71.8 Å². The van der Waals surface area contributed by atoms with Crippen LogP contribution in [0, 0.1) is 5.92 Å². The number of ether oxygens (including phenoxy) is 2. The summed E-state index contributed by atoms with van der Waals surface area (Å²) in [6, 6.07) is 20.2. The number of esters is 2. The molecular weight excluding hydrogens is 512 g/mol. The van der Waals surface area contributed by atoms with Crippen LogP contribution >= 0.6 is 11.6 Å². The van der Waals surface area contributed by atoms with Gasteiger partial charge in [-0.05, 0) is 65.5 Å². The Bertz CT molecular complexity index is 1020. The van der Waals surface area contributed by atoms with E-state index in [0.717, 1.165) is 18.7 Å². The highest BCUT2D eigenvalue weighted by atomic mass is 35.5. The Balaban J connectivity index is 0.000000274. The second-order valence-corrected chi connectivity index (χ2v) is 13.1. The number of carbonyl (C=O) groups is 2. The molecule has 0 bridgehead atoms. The summed E-state index contributed by atoms with van der Waals surface area (Å²) in [5.74, 6) is 0.0616. The molecule has 1 aliphatic rings. The lowest BCUT2D eigenvalue weighted by Crippen LogP contribution is -2.59. The van der Waals surface area contributed by atoms with E-state index >= 15 is 0 Å². The largest absolute Gasteiger partial charge is 0.459 e. The van der Waals surface area contributed by atoms with Crippen molar-refractivity contribution in [3.8, 4) is 0 Å². The van der Waals surface area contributed by atoms with Gasteiger partial charge in [-0.25, -0.2) is 0 Å². The Morgan fingerprint density at radius 1 is 0.923 bits per heavy atom. The van der Waals surface area contributed by atoms with E-state index in [-0.39, 0.29) is 29.9 Å². The summed E-state index contributed by atoms with van der Waals surface area (Å²) in [4.78, 5) is 28.3. The van der Waals surface area contributed by atoms with Crippen LogP contribution in [0.4, 0.5) is 0 Å². The lowest BCUT2D eigenvalue weighted by molar-refractivity contribution is -0.171. The zero-order chi connectivity index (χ0) is 29.2. The minimum absolute atomic E-state index is 0.0128. The predicted octanol–water partition coefficient (Wildman–Crippen LogP) is 6.31. The molecule has 0 saturated carbocycles. The summed E-state index contributed by atoms with van der Waals surface area (Å²) in [5, 5.41) is -0.0128. The van der Waals surface area contributed by atoms with E-state index in [1.54, 1.807) is 0 Å². The van der Waals surface area contributed by atoms with Crippen molar-refractivity contribution < 1.29 is 19.1 Å². The van der Waals surface area contributed by atoms with Crippen molar-refractivity contribution in [2.24, 2.45) is 5.92 Å². The molecule has 0 radical (unpaired) electrons. The van der Waals surface area contributed by atoms with Crippen molar-refractivity contribution in [2.75, 3.05) is 19.6 Å². The van der Waals surface area contributed by atoms with Crippen LogP contribution in [-0.2, 0) is 32.2 Å². The van der Waals surface area contributed by atoms with Crippen molar-refractivity contribution in [2.45, 2.75) is 91.1 Å². The smallest absolute Gasteiger partial charge is 0.324 e. The van der Waals surface area contributed by atoms with E-state index < -0.39 is 11.2 Å². The third-order valence-electron chi connectivity index (χ3n) is 5.86. The molecule has 3 unspecified atom stereocenters. The van der Waals surface area contributed by atoms with Crippen molar-refractivity contribution >= 4 is 23.5 Å². The van der Waals surface area contributed by atoms with E-state index in [1.165, 1.54) is 5.56 Å². The number of hydrogen-bond acceptors (Lipinski definition) is 6. The number of carbonyl (C=O) groups excluding carboxylic acids is 2. The number of likely N-dealkylation sites (tertiary alicyclic amines) is 1. The maximum absolute atomic E-state index is 12.2. The van der Waals surface area contributed by atoms with Gasteiger partial charge in [0.15, 0.2) is 0 Å². The number of alkyl halides is 1. The maximum Gasteiger partial charge on any atom is 0.324 e. The molecule has 1 fully saturated rings. The number of hydrogen-bond donors (Lipinski definition) is 0. The first-order chi connectivity index (χ1) is 18.1. The van der Waals surface area contributed by atoms with Crippen LogP contribution in [0.2, 0.25) is 0 Å². The molecule has 6 nitrogen and oxygen atoms in total. The molecule has 0 aliphatic carbocycles. The molecule has 0 N–H and O–H groups in total. The molecule has 3 atom stereocenters. The maximum atomic E-state index is 12.2. The van der Waals surface area contributed by atoms with E-state index in [9.17, 15) is 9.59 Å². The van der Waals surface area contributed by atoms with Crippen LogP contribution in [0.3, 0.4) is 0 Å². The van der Waals surface area contributed by atoms with Gasteiger partial charge in [-0.1, -0.05) is 67.6 Å². The van der Waals surface area contributed by atoms with Gasteiger partial charge >= 0.3 is 11.9 Å². The normalized spacial score (nSPS) is 18.4. The molecule has 1 heterocycles. The zero-order valence-corrected chi connectivity index (χ0v) is 25.7. The molecule has 0 amide bonds. The Morgan fingerprint density at radius 2 is 1.44 bits per heavy atom. The molecule has 3 rings (SSSR count). The highest BCUT2D eigenvalue weighted by Crippen LogP contribution is 2.28. The second kappa shape index (κ2) is 14.8. The Labute approximate surface area is 240 Å². The summed E-state index contributed by atoms with van der Waals surface area (Å²) in [5.41, 5.74) is 1.53. The summed E-state index contributed by atoms with van der Waals surface area (Å²) < 4.78 is 10.9. The Morgan fingerprint density at radius 3 is 1.90 bits per heavy atom. The Hall–Kier alpha value is -2.41. The van der Waals surface area contributed by atoms with Gasteiger partial charge in [0, 0.05) is 31.6 Å². The van der Waals surface area contributed by atoms with Crippen LogP contribution < -0.4 is 0 Å². The van der Waals surface area contributed by atoms with Gasteiger partial charge in [0.2, 0.25) is 0 Å². The highest BCUT2D eigenvalue weighted by Gasteiger charge is 2.43. The van der Waals surface area contributed by atoms with Gasteiger partial charge in [0.1, 0.15) is 17.2 Å². The quantitative estimate of drug-likeness (QED) is 0.266. The lowest BCUT2D eigenvalue weighted by atomic mass is 9.89.